The van der Waals surface area contributed by atoms with Gasteiger partial charge in [-0.25, -0.2) is 0 Å². The molecule has 1 aromatic heterocycles. The Morgan fingerprint density at radius 1 is 1.41 bits per heavy atom. The average molecular weight is 298 g/mol. The van der Waals surface area contributed by atoms with Crippen molar-refractivity contribution < 1.29 is 4.79 Å². The number of amides is 1. The summed E-state index contributed by atoms with van der Waals surface area (Å²) in [6, 6.07) is 6.10. The number of hydrogen-bond acceptors (Lipinski definition) is 3. The summed E-state index contributed by atoms with van der Waals surface area (Å²) in [7, 11) is 0. The van der Waals surface area contributed by atoms with Gasteiger partial charge in [0.2, 0.25) is 0 Å². The number of carbonyl (C=O) groups excluding carboxylic acids is 1. The maximum Gasteiger partial charge on any atom is 0.253 e. The molecule has 4 rings (SSSR count). The van der Waals surface area contributed by atoms with Gasteiger partial charge < -0.3 is 10.6 Å². The lowest BCUT2D eigenvalue weighted by atomic mass is 10.1. The van der Waals surface area contributed by atoms with Crippen LogP contribution in [0.3, 0.4) is 0 Å². The molecule has 5 heteroatoms. The van der Waals surface area contributed by atoms with E-state index >= 15 is 0 Å². The predicted octanol–water partition coefficient (Wildman–Crippen LogP) is 1.81. The molecule has 1 saturated carbocycles. The maximum absolute atomic E-state index is 12.5. The van der Waals surface area contributed by atoms with Crippen molar-refractivity contribution in [3.05, 3.63) is 30.0 Å². The van der Waals surface area contributed by atoms with Crippen LogP contribution in [0.2, 0.25) is 0 Å². The van der Waals surface area contributed by atoms with Gasteiger partial charge in [-0.15, -0.1) is 0 Å². The van der Waals surface area contributed by atoms with Gasteiger partial charge in [0, 0.05) is 24.2 Å². The Bertz CT molecular complexity index is 711. The van der Waals surface area contributed by atoms with E-state index in [1.807, 2.05) is 29.1 Å². The second kappa shape index (κ2) is 5.09. The van der Waals surface area contributed by atoms with Gasteiger partial charge in [0.05, 0.1) is 5.56 Å². The molecule has 2 aliphatic rings. The Balaban J connectivity index is 1.51. The molecule has 1 amide bonds. The Hall–Kier alpha value is -1.88. The summed E-state index contributed by atoms with van der Waals surface area (Å²) in [5, 5.41) is 12.1. The molecule has 1 aliphatic carbocycles. The lowest BCUT2D eigenvalue weighted by Gasteiger charge is -2.07. The molecule has 1 aromatic carbocycles. The normalized spacial score (nSPS) is 26.4. The molecule has 22 heavy (non-hydrogen) atoms. The first-order chi connectivity index (χ1) is 10.6. The van der Waals surface area contributed by atoms with Crippen molar-refractivity contribution in [2.75, 3.05) is 19.6 Å². The summed E-state index contributed by atoms with van der Waals surface area (Å²) in [6.45, 7) is 7.19. The van der Waals surface area contributed by atoms with Crippen molar-refractivity contribution in [1.29, 1.82) is 0 Å². The number of nitrogens with one attached hydrogen (secondary N) is 2. The molecule has 0 radical (unpaired) electrons. The first-order valence-corrected chi connectivity index (χ1v) is 8.12. The third kappa shape index (κ3) is 2.20. The molecule has 2 fully saturated rings. The van der Waals surface area contributed by atoms with E-state index in [9.17, 15) is 4.79 Å². The summed E-state index contributed by atoms with van der Waals surface area (Å²) in [6.07, 6.45) is 2.01. The molecule has 2 N–H and O–H groups in total. The molecular formula is C17H22N4O. The molecule has 2 unspecified atom stereocenters. The van der Waals surface area contributed by atoms with Gasteiger partial charge in [-0.1, -0.05) is 12.1 Å². The van der Waals surface area contributed by atoms with E-state index in [1.54, 1.807) is 0 Å². The van der Waals surface area contributed by atoms with E-state index < -0.39 is 0 Å². The van der Waals surface area contributed by atoms with Crippen LogP contribution in [0, 0.1) is 17.8 Å². The third-order valence-electron chi connectivity index (χ3n) is 5.10. The van der Waals surface area contributed by atoms with Crippen molar-refractivity contribution in [3.8, 4) is 0 Å². The number of carbonyl (C=O) groups is 1. The molecule has 1 saturated heterocycles. The van der Waals surface area contributed by atoms with Crippen molar-refractivity contribution in [1.82, 2.24) is 20.4 Å². The van der Waals surface area contributed by atoms with Crippen molar-refractivity contribution in [3.63, 3.8) is 0 Å². The highest BCUT2D eigenvalue weighted by molar-refractivity contribution is 6.05. The Morgan fingerprint density at radius 2 is 2.18 bits per heavy atom. The highest BCUT2D eigenvalue weighted by Gasteiger charge is 2.52. The van der Waals surface area contributed by atoms with Crippen LogP contribution in [0.5, 0.6) is 0 Å². The average Bonchev–Trinajstić information content (AvgIpc) is 2.90. The minimum atomic E-state index is -0.00228. The van der Waals surface area contributed by atoms with Gasteiger partial charge in [-0.05, 0) is 50.8 Å². The van der Waals surface area contributed by atoms with E-state index in [-0.39, 0.29) is 5.91 Å². The minimum Gasteiger partial charge on any atom is -0.352 e. The van der Waals surface area contributed by atoms with Gasteiger partial charge in [0.1, 0.15) is 5.52 Å². The first-order valence-electron chi connectivity index (χ1n) is 8.12. The number of hydrogen-bond donors (Lipinski definition) is 2. The van der Waals surface area contributed by atoms with Crippen LogP contribution in [0.1, 0.15) is 30.2 Å². The summed E-state index contributed by atoms with van der Waals surface area (Å²) in [4.78, 5) is 12.5. The summed E-state index contributed by atoms with van der Waals surface area (Å²) >= 11 is 0. The Morgan fingerprint density at radius 3 is 2.91 bits per heavy atom. The van der Waals surface area contributed by atoms with Gasteiger partial charge in [-0.3, -0.25) is 9.48 Å². The number of nitrogens with zero attached hydrogens (tertiary/aromatic N) is 2. The number of aromatic nitrogens is 2. The SMILES string of the molecule is CC(C)n1cc2cccc(C(=O)NCC3C4CNCC43)c2n1. The number of fused-ring (bicyclic) bond motifs is 2. The standard InChI is InChI=1S/C17H22N4O/c1-10(2)21-9-11-4-3-5-12(16(11)20-21)17(22)19-8-15-13-6-18-7-14(13)15/h3-5,9-10,13-15,18H,6-8H2,1-2H3,(H,19,22). The summed E-state index contributed by atoms with van der Waals surface area (Å²) in [5.74, 6) is 2.21. The van der Waals surface area contributed by atoms with Crippen LogP contribution in [0.15, 0.2) is 24.4 Å². The van der Waals surface area contributed by atoms with Crippen molar-refractivity contribution in [2.45, 2.75) is 19.9 Å². The summed E-state index contributed by atoms with van der Waals surface area (Å²) < 4.78 is 1.92. The smallest absolute Gasteiger partial charge is 0.253 e. The zero-order valence-corrected chi connectivity index (χ0v) is 13.0. The van der Waals surface area contributed by atoms with Gasteiger partial charge in [0.25, 0.3) is 5.91 Å². The second-order valence-corrected chi connectivity index (χ2v) is 6.81. The topological polar surface area (TPSA) is 59.0 Å². The monoisotopic (exact) mass is 298 g/mol. The highest BCUT2D eigenvalue weighted by atomic mass is 16.1. The fourth-order valence-corrected chi connectivity index (χ4v) is 3.67. The van der Waals surface area contributed by atoms with E-state index in [4.69, 9.17) is 0 Å². The van der Waals surface area contributed by atoms with Crippen molar-refractivity contribution >= 4 is 16.8 Å². The molecular weight excluding hydrogens is 276 g/mol. The zero-order chi connectivity index (χ0) is 15.3. The molecule has 5 nitrogen and oxygen atoms in total. The molecule has 0 bridgehead atoms. The van der Waals surface area contributed by atoms with E-state index in [0.29, 0.717) is 17.5 Å². The molecule has 116 valence electrons. The van der Waals surface area contributed by atoms with Gasteiger partial charge in [0.15, 0.2) is 0 Å². The van der Waals surface area contributed by atoms with E-state index in [1.165, 1.54) is 0 Å². The Labute approximate surface area is 130 Å². The predicted molar refractivity (Wildman–Crippen MR) is 85.8 cm³/mol. The van der Waals surface area contributed by atoms with Crippen LogP contribution in [-0.2, 0) is 0 Å². The molecule has 0 spiro atoms. The van der Waals surface area contributed by atoms with Crippen LogP contribution in [0.25, 0.3) is 10.9 Å². The third-order valence-corrected chi connectivity index (χ3v) is 5.10. The van der Waals surface area contributed by atoms with E-state index in [0.717, 1.165) is 42.4 Å². The second-order valence-electron chi connectivity index (χ2n) is 6.81. The van der Waals surface area contributed by atoms with Crippen molar-refractivity contribution in [2.24, 2.45) is 17.8 Å². The molecule has 2 atom stereocenters. The quantitative estimate of drug-likeness (QED) is 0.905. The fourth-order valence-electron chi connectivity index (χ4n) is 3.67. The molecule has 1 aliphatic heterocycles. The lowest BCUT2D eigenvalue weighted by molar-refractivity contribution is 0.0952. The number of piperidine rings is 1. The number of rotatable bonds is 4. The largest absolute Gasteiger partial charge is 0.352 e. The first kappa shape index (κ1) is 13.8. The molecule has 2 heterocycles. The minimum absolute atomic E-state index is 0.00228. The summed E-state index contributed by atoms with van der Waals surface area (Å²) in [5.41, 5.74) is 1.48. The van der Waals surface area contributed by atoms with Crippen LogP contribution >= 0.6 is 0 Å². The van der Waals surface area contributed by atoms with Gasteiger partial charge in [-0.2, -0.15) is 5.10 Å². The Kier molecular flexibility index (Phi) is 3.18. The van der Waals surface area contributed by atoms with Crippen LogP contribution in [0.4, 0.5) is 0 Å². The van der Waals surface area contributed by atoms with Crippen LogP contribution < -0.4 is 10.6 Å². The van der Waals surface area contributed by atoms with Gasteiger partial charge >= 0.3 is 0 Å². The molecule has 2 aromatic rings. The zero-order valence-electron chi connectivity index (χ0n) is 13.0. The highest BCUT2D eigenvalue weighted by Crippen LogP contribution is 2.48. The number of benzene rings is 1. The maximum atomic E-state index is 12.5. The lowest BCUT2D eigenvalue weighted by Crippen LogP contribution is -2.28. The fraction of sp³-hybridized carbons (Fsp3) is 0.529. The van der Waals surface area contributed by atoms with Crippen LogP contribution in [-0.4, -0.2) is 35.3 Å². The van der Waals surface area contributed by atoms with E-state index in [2.05, 4.69) is 29.6 Å².